The summed E-state index contributed by atoms with van der Waals surface area (Å²) in [5.41, 5.74) is 4.07. The molecule has 32 heavy (non-hydrogen) atoms. The van der Waals surface area contributed by atoms with E-state index in [0.717, 1.165) is 6.07 Å². The van der Waals surface area contributed by atoms with E-state index in [0.29, 0.717) is 25.9 Å². The first-order valence-corrected chi connectivity index (χ1v) is 10.8. The van der Waals surface area contributed by atoms with Crippen LogP contribution in [0, 0.1) is 5.82 Å². The molecule has 1 aliphatic heterocycles. The maximum atomic E-state index is 14.1. The fourth-order valence-corrected chi connectivity index (χ4v) is 3.53. The van der Waals surface area contributed by atoms with Gasteiger partial charge in [0, 0.05) is 25.9 Å². The van der Waals surface area contributed by atoms with Crippen LogP contribution in [0.25, 0.3) is 11.1 Å². The number of nitrogens with one attached hydrogen (secondary N) is 1. The molecule has 3 N–H and O–H groups in total. The predicted molar refractivity (Wildman–Crippen MR) is 118 cm³/mol. The Balaban J connectivity index is 1.87. The topological polar surface area (TPSA) is 128 Å². The van der Waals surface area contributed by atoms with Crippen LogP contribution in [0.3, 0.4) is 0 Å². The Morgan fingerprint density at radius 1 is 1.28 bits per heavy atom. The first-order valence-electron chi connectivity index (χ1n) is 9.98. The van der Waals surface area contributed by atoms with E-state index in [9.17, 15) is 18.8 Å². The number of nitrogens with zero attached hydrogens (tertiary/aromatic N) is 2. The number of aromatic nitrogens is 2. The molecule has 0 saturated carbocycles. The Morgan fingerprint density at radius 3 is 2.50 bits per heavy atom. The van der Waals surface area contributed by atoms with Crippen molar-refractivity contribution in [2.24, 2.45) is 5.73 Å². The summed E-state index contributed by atoms with van der Waals surface area (Å²) < 4.78 is 25.7. The number of likely N-dealkylation sites (tertiary alicyclic amines) is 1. The molecule has 0 spiro atoms. The van der Waals surface area contributed by atoms with Gasteiger partial charge in [-0.2, -0.15) is 5.10 Å². The van der Waals surface area contributed by atoms with Crippen LogP contribution in [0.15, 0.2) is 27.5 Å². The molecule has 2 amide bonds. The van der Waals surface area contributed by atoms with Crippen LogP contribution >= 0.6 is 15.9 Å². The number of ether oxygens (including phenoxy) is 2. The van der Waals surface area contributed by atoms with Crippen LogP contribution in [0.4, 0.5) is 9.18 Å². The highest BCUT2D eigenvalue weighted by molar-refractivity contribution is 9.10. The third-order valence-electron chi connectivity index (χ3n) is 4.76. The van der Waals surface area contributed by atoms with Gasteiger partial charge in [0.1, 0.15) is 17.5 Å². The zero-order valence-electron chi connectivity index (χ0n) is 17.9. The van der Waals surface area contributed by atoms with Crippen LogP contribution in [-0.4, -0.2) is 51.9 Å². The average molecular weight is 511 g/mol. The smallest absolute Gasteiger partial charge is 0.410 e. The van der Waals surface area contributed by atoms with E-state index in [1.807, 2.05) is 0 Å². The molecule has 172 valence electrons. The molecule has 3 rings (SSSR count). The lowest BCUT2D eigenvalue weighted by Crippen LogP contribution is -2.44. The van der Waals surface area contributed by atoms with Gasteiger partial charge in [-0.1, -0.05) is 6.07 Å². The summed E-state index contributed by atoms with van der Waals surface area (Å²) in [5.74, 6) is -1.60. The van der Waals surface area contributed by atoms with Gasteiger partial charge >= 0.3 is 6.09 Å². The van der Waals surface area contributed by atoms with Crippen LogP contribution in [0.5, 0.6) is 5.75 Å². The van der Waals surface area contributed by atoms with Crippen molar-refractivity contribution in [3.63, 3.8) is 0 Å². The summed E-state index contributed by atoms with van der Waals surface area (Å²) in [6.45, 7) is 6.10. The quantitative estimate of drug-likeness (QED) is 0.649. The summed E-state index contributed by atoms with van der Waals surface area (Å²) in [5, 5.41) is 5.94. The second-order valence-electron chi connectivity index (χ2n) is 8.38. The van der Waals surface area contributed by atoms with Gasteiger partial charge in [-0.25, -0.2) is 14.3 Å². The highest BCUT2D eigenvalue weighted by Gasteiger charge is 2.30. The van der Waals surface area contributed by atoms with E-state index in [2.05, 4.69) is 26.1 Å². The number of rotatable bonds is 4. The molecule has 9 nitrogen and oxygen atoms in total. The minimum Gasteiger partial charge on any atom is -0.487 e. The third-order valence-corrected chi connectivity index (χ3v) is 5.40. The highest BCUT2D eigenvalue weighted by atomic mass is 79.9. The van der Waals surface area contributed by atoms with Crippen LogP contribution < -0.4 is 16.0 Å². The number of aromatic amines is 1. The van der Waals surface area contributed by atoms with Crippen molar-refractivity contribution in [2.75, 3.05) is 13.1 Å². The third kappa shape index (κ3) is 5.45. The van der Waals surface area contributed by atoms with Gasteiger partial charge in [0.25, 0.3) is 11.5 Å². The Bertz CT molecular complexity index is 1090. The number of halogens is 2. The van der Waals surface area contributed by atoms with Gasteiger partial charge in [0.15, 0.2) is 11.4 Å². The van der Waals surface area contributed by atoms with Crippen LogP contribution in [0.2, 0.25) is 0 Å². The lowest BCUT2D eigenvalue weighted by molar-refractivity contribution is 0.0126. The monoisotopic (exact) mass is 510 g/mol. The maximum absolute atomic E-state index is 14.1. The number of hydrogen-bond acceptors (Lipinski definition) is 6. The number of carbonyl (C=O) groups is 2. The molecule has 11 heteroatoms. The molecule has 1 aromatic carbocycles. The largest absolute Gasteiger partial charge is 0.487 e. The SMILES string of the molecule is CC(C)(C)OC(=O)N1CCC(Oc2c(C(N)=O)n[nH]c(=O)c2-c2ccc(Br)c(F)c2)CC1. The van der Waals surface area contributed by atoms with Crippen molar-refractivity contribution in [2.45, 2.75) is 45.3 Å². The Hall–Kier alpha value is -2.95. The molecule has 2 heterocycles. The Labute approximate surface area is 192 Å². The van der Waals surface area contributed by atoms with Crippen LogP contribution in [-0.2, 0) is 4.74 Å². The minimum absolute atomic E-state index is 0.0465. The Morgan fingerprint density at radius 2 is 1.94 bits per heavy atom. The Kier molecular flexibility index (Phi) is 6.87. The predicted octanol–water partition coefficient (Wildman–Crippen LogP) is 3.22. The van der Waals surface area contributed by atoms with Gasteiger partial charge in [-0.15, -0.1) is 0 Å². The minimum atomic E-state index is -0.902. The van der Waals surface area contributed by atoms with Gasteiger partial charge in [-0.3, -0.25) is 9.59 Å². The normalized spacial score (nSPS) is 14.8. The van der Waals surface area contributed by atoms with E-state index < -0.39 is 35.1 Å². The van der Waals surface area contributed by atoms with E-state index >= 15 is 0 Å². The average Bonchev–Trinajstić information content (AvgIpc) is 2.69. The first kappa shape index (κ1) is 23.7. The van der Waals surface area contributed by atoms with Crippen molar-refractivity contribution in [3.05, 3.63) is 44.5 Å². The van der Waals surface area contributed by atoms with Crippen LogP contribution in [0.1, 0.15) is 44.1 Å². The van der Waals surface area contributed by atoms with Gasteiger partial charge < -0.3 is 20.1 Å². The molecule has 1 saturated heterocycles. The molecule has 1 aliphatic rings. The zero-order chi connectivity index (χ0) is 23.6. The van der Waals surface area contributed by atoms with Gasteiger partial charge in [0.2, 0.25) is 0 Å². The van der Waals surface area contributed by atoms with Crippen molar-refractivity contribution >= 4 is 27.9 Å². The summed E-state index contributed by atoms with van der Waals surface area (Å²) >= 11 is 3.07. The van der Waals surface area contributed by atoms with Crippen molar-refractivity contribution in [1.29, 1.82) is 0 Å². The molecular weight excluding hydrogens is 487 g/mol. The van der Waals surface area contributed by atoms with E-state index in [4.69, 9.17) is 15.2 Å². The fourth-order valence-electron chi connectivity index (χ4n) is 3.28. The van der Waals surface area contributed by atoms with Crippen molar-refractivity contribution < 1.29 is 23.5 Å². The van der Waals surface area contributed by atoms with Crippen molar-refractivity contribution in [1.82, 2.24) is 15.1 Å². The van der Waals surface area contributed by atoms with Gasteiger partial charge in [-0.05, 0) is 54.4 Å². The molecule has 0 bridgehead atoms. The first-order chi connectivity index (χ1) is 15.0. The highest BCUT2D eigenvalue weighted by Crippen LogP contribution is 2.33. The molecule has 0 unspecified atom stereocenters. The van der Waals surface area contributed by atoms with E-state index in [-0.39, 0.29) is 27.0 Å². The molecule has 0 radical (unpaired) electrons. The number of H-pyrrole nitrogens is 1. The molecular formula is C21H24BrFN4O5. The number of piperidine rings is 1. The van der Waals surface area contributed by atoms with E-state index in [1.54, 1.807) is 25.7 Å². The zero-order valence-corrected chi connectivity index (χ0v) is 19.5. The second-order valence-corrected chi connectivity index (χ2v) is 9.24. The van der Waals surface area contributed by atoms with E-state index in [1.165, 1.54) is 12.1 Å². The lowest BCUT2D eigenvalue weighted by atomic mass is 10.0. The second kappa shape index (κ2) is 9.27. The number of nitrogens with two attached hydrogens (primary N) is 1. The maximum Gasteiger partial charge on any atom is 0.410 e. The molecule has 0 atom stereocenters. The fraction of sp³-hybridized carbons (Fsp3) is 0.429. The molecule has 2 aromatic rings. The molecule has 1 fully saturated rings. The van der Waals surface area contributed by atoms with Crippen molar-refractivity contribution in [3.8, 4) is 16.9 Å². The number of hydrogen-bond donors (Lipinski definition) is 2. The summed E-state index contributed by atoms with van der Waals surface area (Å²) in [4.78, 5) is 38.4. The molecule has 0 aliphatic carbocycles. The number of amides is 2. The number of benzene rings is 1. The molecule has 1 aromatic heterocycles. The number of primary amides is 1. The summed E-state index contributed by atoms with van der Waals surface area (Å²) in [7, 11) is 0. The summed E-state index contributed by atoms with van der Waals surface area (Å²) in [6.07, 6.45) is 0.0172. The summed E-state index contributed by atoms with van der Waals surface area (Å²) in [6, 6.07) is 4.11. The lowest BCUT2D eigenvalue weighted by Gasteiger charge is -2.33. The standard InChI is InChI=1S/C21H24BrFN4O5/c1-21(2,3)32-20(30)27-8-6-12(7-9-27)31-17-15(11-4-5-13(22)14(23)10-11)19(29)26-25-16(17)18(24)28/h4-5,10,12H,6-9H2,1-3H3,(H2,24,28)(H,26,29). The van der Waals surface area contributed by atoms with Gasteiger partial charge in [0.05, 0.1) is 10.0 Å². The number of carbonyl (C=O) groups excluding carboxylic acids is 2.